The summed E-state index contributed by atoms with van der Waals surface area (Å²) in [6.07, 6.45) is 4.66. The van der Waals surface area contributed by atoms with Crippen molar-refractivity contribution in [3.05, 3.63) is 53.5 Å². The van der Waals surface area contributed by atoms with Gasteiger partial charge in [0.05, 0.1) is 22.7 Å². The molecule has 2 heterocycles. The Morgan fingerprint density at radius 2 is 2.00 bits per heavy atom. The molecule has 0 aliphatic carbocycles. The number of halogens is 1. The molecule has 1 aromatic heterocycles. The Morgan fingerprint density at radius 3 is 2.71 bits per heavy atom. The normalized spacial score (nSPS) is 15.8. The van der Waals surface area contributed by atoms with Crippen LogP contribution in [0.4, 0.5) is 11.4 Å². The van der Waals surface area contributed by atoms with Crippen LogP contribution >= 0.6 is 11.6 Å². The number of hydrogen-bond acceptors (Lipinski definition) is 4. The number of furan rings is 1. The Balaban J connectivity index is 1.75. The maximum absolute atomic E-state index is 12.2. The van der Waals surface area contributed by atoms with Crippen LogP contribution in [0.5, 0.6) is 0 Å². The summed E-state index contributed by atoms with van der Waals surface area (Å²) in [5.74, 6) is 0.416. The van der Waals surface area contributed by atoms with Crippen molar-refractivity contribution >= 4 is 35.0 Å². The van der Waals surface area contributed by atoms with E-state index < -0.39 is 0 Å². The molecule has 0 saturated carbocycles. The van der Waals surface area contributed by atoms with E-state index in [0.29, 0.717) is 10.8 Å². The molecular weight excluding hydrogens is 326 g/mol. The third-order valence-electron chi connectivity index (χ3n) is 4.01. The number of nitrogens with one attached hydrogen (secondary N) is 1. The Labute approximate surface area is 146 Å². The predicted octanol–water partition coefficient (Wildman–Crippen LogP) is 3.34. The van der Waals surface area contributed by atoms with E-state index in [0.717, 1.165) is 37.6 Å². The molecule has 24 heavy (non-hydrogen) atoms. The summed E-state index contributed by atoms with van der Waals surface area (Å²) < 4.78 is 5.18. The van der Waals surface area contributed by atoms with Gasteiger partial charge in [-0.25, -0.2) is 0 Å². The monoisotopic (exact) mass is 345 g/mol. The summed E-state index contributed by atoms with van der Waals surface area (Å²) in [5, 5.41) is 3.56. The number of nitrogens with zero attached hydrogens (tertiary/aromatic N) is 2. The summed E-state index contributed by atoms with van der Waals surface area (Å²) >= 11 is 6.40. The van der Waals surface area contributed by atoms with Crippen molar-refractivity contribution in [2.45, 2.75) is 0 Å². The van der Waals surface area contributed by atoms with Crippen LogP contribution in [0.3, 0.4) is 0 Å². The Kier molecular flexibility index (Phi) is 5.23. The molecule has 1 fully saturated rings. The SMILES string of the molecule is CN1CCN(c2c(Cl)cccc2NC(=O)/C=C/c2ccco2)CC1. The van der Waals surface area contributed by atoms with E-state index in [-0.39, 0.29) is 5.91 Å². The summed E-state index contributed by atoms with van der Waals surface area (Å²) in [4.78, 5) is 16.7. The number of benzene rings is 1. The Hall–Kier alpha value is -2.24. The lowest BCUT2D eigenvalue weighted by Gasteiger charge is -2.35. The molecule has 1 saturated heterocycles. The smallest absolute Gasteiger partial charge is 0.248 e. The first-order chi connectivity index (χ1) is 11.6. The van der Waals surface area contributed by atoms with Gasteiger partial charge in [-0.15, -0.1) is 0 Å². The largest absolute Gasteiger partial charge is 0.465 e. The average molecular weight is 346 g/mol. The van der Waals surface area contributed by atoms with E-state index in [9.17, 15) is 4.79 Å². The summed E-state index contributed by atoms with van der Waals surface area (Å²) in [6.45, 7) is 3.70. The molecule has 0 bridgehead atoms. The van der Waals surface area contributed by atoms with Crippen LogP contribution in [0, 0.1) is 0 Å². The fourth-order valence-electron chi connectivity index (χ4n) is 2.69. The zero-order valence-corrected chi connectivity index (χ0v) is 14.3. The van der Waals surface area contributed by atoms with Gasteiger partial charge in [-0.2, -0.15) is 0 Å². The topological polar surface area (TPSA) is 48.7 Å². The van der Waals surface area contributed by atoms with Crippen molar-refractivity contribution in [2.75, 3.05) is 43.4 Å². The first-order valence-electron chi connectivity index (χ1n) is 7.88. The molecule has 3 rings (SSSR count). The van der Waals surface area contributed by atoms with Gasteiger partial charge in [0.2, 0.25) is 5.91 Å². The zero-order valence-electron chi connectivity index (χ0n) is 13.5. The lowest BCUT2D eigenvalue weighted by atomic mass is 10.2. The van der Waals surface area contributed by atoms with Crippen molar-refractivity contribution < 1.29 is 9.21 Å². The maximum atomic E-state index is 12.2. The second-order valence-corrected chi connectivity index (χ2v) is 6.17. The number of rotatable bonds is 4. The van der Waals surface area contributed by atoms with Crippen molar-refractivity contribution in [3.8, 4) is 0 Å². The van der Waals surface area contributed by atoms with Gasteiger partial charge in [0.25, 0.3) is 0 Å². The second-order valence-electron chi connectivity index (χ2n) is 5.76. The molecule has 5 nitrogen and oxygen atoms in total. The fourth-order valence-corrected chi connectivity index (χ4v) is 2.98. The molecule has 126 valence electrons. The Bertz CT molecular complexity index is 720. The highest BCUT2D eigenvalue weighted by atomic mass is 35.5. The zero-order chi connectivity index (χ0) is 16.9. The standard InChI is InChI=1S/C18H20ClN3O2/c1-21-9-11-22(12-10-21)18-15(19)5-2-6-16(18)20-17(23)8-7-14-4-3-13-24-14/h2-8,13H,9-12H2,1H3,(H,20,23)/b8-7+. The Morgan fingerprint density at radius 1 is 1.21 bits per heavy atom. The molecule has 1 aromatic carbocycles. The molecule has 1 aliphatic heterocycles. The van der Waals surface area contributed by atoms with Gasteiger partial charge in [0.1, 0.15) is 5.76 Å². The van der Waals surface area contributed by atoms with Gasteiger partial charge in [0, 0.05) is 32.3 Å². The van der Waals surface area contributed by atoms with Crippen molar-refractivity contribution in [3.63, 3.8) is 0 Å². The van der Waals surface area contributed by atoms with Crippen LogP contribution in [0.1, 0.15) is 5.76 Å². The van der Waals surface area contributed by atoms with Gasteiger partial charge in [-0.3, -0.25) is 4.79 Å². The second kappa shape index (κ2) is 7.55. The predicted molar refractivity (Wildman–Crippen MR) is 97.5 cm³/mol. The van der Waals surface area contributed by atoms with E-state index in [2.05, 4.69) is 22.2 Å². The fraction of sp³-hybridized carbons (Fsp3) is 0.278. The molecule has 0 atom stereocenters. The van der Waals surface area contributed by atoms with Crippen LogP contribution in [0.2, 0.25) is 5.02 Å². The van der Waals surface area contributed by atoms with E-state index in [4.69, 9.17) is 16.0 Å². The molecule has 0 radical (unpaired) electrons. The van der Waals surface area contributed by atoms with E-state index in [1.165, 1.54) is 6.08 Å². The van der Waals surface area contributed by atoms with Gasteiger partial charge in [-0.05, 0) is 37.4 Å². The first kappa shape index (κ1) is 16.6. The third-order valence-corrected chi connectivity index (χ3v) is 4.31. The summed E-state index contributed by atoms with van der Waals surface area (Å²) in [7, 11) is 2.10. The molecule has 2 aromatic rings. The molecule has 1 aliphatic rings. The molecule has 0 unspecified atom stereocenters. The lowest BCUT2D eigenvalue weighted by molar-refractivity contribution is -0.111. The average Bonchev–Trinajstić information content (AvgIpc) is 3.08. The minimum atomic E-state index is -0.218. The van der Waals surface area contributed by atoms with Crippen molar-refractivity contribution in [1.82, 2.24) is 4.90 Å². The minimum absolute atomic E-state index is 0.218. The quantitative estimate of drug-likeness (QED) is 0.863. The lowest BCUT2D eigenvalue weighted by Crippen LogP contribution is -2.44. The van der Waals surface area contributed by atoms with E-state index in [1.54, 1.807) is 24.5 Å². The highest BCUT2D eigenvalue weighted by molar-refractivity contribution is 6.34. The van der Waals surface area contributed by atoms with E-state index >= 15 is 0 Å². The first-order valence-corrected chi connectivity index (χ1v) is 8.26. The summed E-state index contributed by atoms with van der Waals surface area (Å²) in [5.41, 5.74) is 1.60. The molecule has 1 N–H and O–H groups in total. The molecule has 1 amide bonds. The van der Waals surface area contributed by atoms with Crippen molar-refractivity contribution in [1.29, 1.82) is 0 Å². The highest BCUT2D eigenvalue weighted by Crippen LogP contribution is 2.34. The number of carbonyl (C=O) groups excluding carboxylic acids is 1. The van der Waals surface area contributed by atoms with Crippen molar-refractivity contribution in [2.24, 2.45) is 0 Å². The third kappa shape index (κ3) is 3.99. The van der Waals surface area contributed by atoms with Crippen LogP contribution in [-0.4, -0.2) is 44.0 Å². The number of likely N-dealkylation sites (N-methyl/N-ethyl adjacent to an activating group) is 1. The number of piperazine rings is 1. The van der Waals surface area contributed by atoms with Gasteiger partial charge >= 0.3 is 0 Å². The van der Waals surface area contributed by atoms with Crippen LogP contribution in [0.25, 0.3) is 6.08 Å². The van der Waals surface area contributed by atoms with Gasteiger partial charge in [-0.1, -0.05) is 17.7 Å². The molecule has 6 heteroatoms. The maximum Gasteiger partial charge on any atom is 0.248 e. The number of carbonyl (C=O) groups is 1. The number of para-hydroxylation sites is 1. The van der Waals surface area contributed by atoms with Crippen LogP contribution in [-0.2, 0) is 4.79 Å². The minimum Gasteiger partial charge on any atom is -0.465 e. The summed E-state index contributed by atoms with van der Waals surface area (Å²) in [6, 6.07) is 9.13. The van der Waals surface area contributed by atoms with Crippen LogP contribution < -0.4 is 10.2 Å². The highest BCUT2D eigenvalue weighted by Gasteiger charge is 2.20. The number of hydrogen-bond donors (Lipinski definition) is 1. The number of anilines is 2. The van der Waals surface area contributed by atoms with Gasteiger partial charge in [0.15, 0.2) is 0 Å². The number of amides is 1. The van der Waals surface area contributed by atoms with Gasteiger partial charge < -0.3 is 19.5 Å². The van der Waals surface area contributed by atoms with E-state index in [1.807, 2.05) is 18.2 Å². The molecular formula is C18H20ClN3O2. The van der Waals surface area contributed by atoms with Crippen LogP contribution in [0.15, 0.2) is 47.1 Å². The molecule has 0 spiro atoms.